The molecule has 0 bridgehead atoms. The molecule has 0 fully saturated rings. The number of aromatic carboxylic acids is 1. The monoisotopic (exact) mass is 262 g/mol. The molecule has 0 amide bonds. The Morgan fingerprint density at radius 3 is 2.42 bits per heavy atom. The lowest BCUT2D eigenvalue weighted by atomic mass is 10.2. The van der Waals surface area contributed by atoms with E-state index in [1.165, 1.54) is 18.2 Å². The van der Waals surface area contributed by atoms with Crippen molar-refractivity contribution in [3.8, 4) is 11.5 Å². The fraction of sp³-hybridized carbons (Fsp3) is 0.0714. The van der Waals surface area contributed by atoms with Crippen LogP contribution in [-0.4, -0.2) is 16.2 Å². The Morgan fingerprint density at radius 2 is 1.84 bits per heavy atom. The Kier molecular flexibility index (Phi) is 3.66. The number of rotatable bonds is 4. The van der Waals surface area contributed by atoms with Gasteiger partial charge in [-0.25, -0.2) is 9.18 Å². The number of carboxylic acid groups (broad SMARTS) is 1. The molecule has 0 saturated heterocycles. The molecule has 0 spiro atoms. The largest absolute Gasteiger partial charge is 0.508 e. The van der Waals surface area contributed by atoms with E-state index in [-0.39, 0.29) is 18.1 Å². The molecule has 4 nitrogen and oxygen atoms in total. The molecule has 19 heavy (non-hydrogen) atoms. The molecule has 5 heteroatoms. The van der Waals surface area contributed by atoms with Gasteiger partial charge in [0.2, 0.25) is 0 Å². The van der Waals surface area contributed by atoms with Crippen molar-refractivity contribution >= 4 is 5.97 Å². The standard InChI is InChI=1S/C14H11FO4/c15-13-7-11(5-6-12(13)14(17)18)19-8-9-1-3-10(16)4-2-9/h1-7,16H,8H2,(H,17,18). The molecule has 0 heterocycles. The van der Waals surface area contributed by atoms with Gasteiger partial charge in [-0.3, -0.25) is 0 Å². The van der Waals surface area contributed by atoms with E-state index in [1.807, 2.05) is 0 Å². The van der Waals surface area contributed by atoms with Crippen molar-refractivity contribution in [2.45, 2.75) is 6.61 Å². The average Bonchev–Trinajstić information content (AvgIpc) is 2.37. The van der Waals surface area contributed by atoms with Gasteiger partial charge in [-0.1, -0.05) is 12.1 Å². The summed E-state index contributed by atoms with van der Waals surface area (Å²) >= 11 is 0. The Bertz CT molecular complexity index is 593. The third-order valence-electron chi connectivity index (χ3n) is 2.51. The van der Waals surface area contributed by atoms with Crippen LogP contribution >= 0.6 is 0 Å². The molecule has 0 aliphatic heterocycles. The van der Waals surface area contributed by atoms with Gasteiger partial charge in [-0.2, -0.15) is 0 Å². The third kappa shape index (κ3) is 3.22. The van der Waals surface area contributed by atoms with Crippen LogP contribution in [0, 0.1) is 5.82 Å². The smallest absolute Gasteiger partial charge is 0.338 e. The normalized spacial score (nSPS) is 10.2. The van der Waals surface area contributed by atoms with Gasteiger partial charge in [0.05, 0.1) is 5.56 Å². The van der Waals surface area contributed by atoms with E-state index in [4.69, 9.17) is 14.9 Å². The highest BCUT2D eigenvalue weighted by molar-refractivity contribution is 5.88. The first-order chi connectivity index (χ1) is 9.06. The van der Waals surface area contributed by atoms with Crippen molar-refractivity contribution in [1.29, 1.82) is 0 Å². The highest BCUT2D eigenvalue weighted by atomic mass is 19.1. The first kappa shape index (κ1) is 12.9. The van der Waals surface area contributed by atoms with Crippen molar-refractivity contribution in [3.05, 3.63) is 59.4 Å². The lowest BCUT2D eigenvalue weighted by Crippen LogP contribution is -2.01. The Morgan fingerprint density at radius 1 is 1.16 bits per heavy atom. The summed E-state index contributed by atoms with van der Waals surface area (Å²) in [4.78, 5) is 10.6. The van der Waals surface area contributed by atoms with Crippen LogP contribution in [-0.2, 0) is 6.61 Å². The van der Waals surface area contributed by atoms with Gasteiger partial charge in [0.25, 0.3) is 0 Å². The SMILES string of the molecule is O=C(O)c1ccc(OCc2ccc(O)cc2)cc1F. The summed E-state index contributed by atoms with van der Waals surface area (Å²) < 4.78 is 18.7. The summed E-state index contributed by atoms with van der Waals surface area (Å²) in [6.45, 7) is 0.201. The van der Waals surface area contributed by atoms with Crippen molar-refractivity contribution in [3.63, 3.8) is 0 Å². The highest BCUT2D eigenvalue weighted by Crippen LogP contribution is 2.18. The number of carbonyl (C=O) groups is 1. The highest BCUT2D eigenvalue weighted by Gasteiger charge is 2.10. The fourth-order valence-corrected chi connectivity index (χ4v) is 1.52. The van der Waals surface area contributed by atoms with Crippen molar-refractivity contribution < 1.29 is 24.1 Å². The number of benzene rings is 2. The van der Waals surface area contributed by atoms with E-state index in [0.717, 1.165) is 17.7 Å². The minimum Gasteiger partial charge on any atom is -0.508 e. The van der Waals surface area contributed by atoms with Crippen LogP contribution in [0.1, 0.15) is 15.9 Å². The van der Waals surface area contributed by atoms with Gasteiger partial charge in [0.15, 0.2) is 0 Å². The topological polar surface area (TPSA) is 66.8 Å². The summed E-state index contributed by atoms with van der Waals surface area (Å²) in [5, 5.41) is 17.8. The second kappa shape index (κ2) is 5.39. The van der Waals surface area contributed by atoms with Gasteiger partial charge in [0, 0.05) is 6.07 Å². The molecule has 0 atom stereocenters. The van der Waals surface area contributed by atoms with Crippen LogP contribution in [0.2, 0.25) is 0 Å². The van der Waals surface area contributed by atoms with Gasteiger partial charge in [-0.05, 0) is 29.8 Å². The summed E-state index contributed by atoms with van der Waals surface area (Å²) in [7, 11) is 0. The van der Waals surface area contributed by atoms with Gasteiger partial charge >= 0.3 is 5.97 Å². The molecule has 0 radical (unpaired) electrons. The Hall–Kier alpha value is -2.56. The zero-order chi connectivity index (χ0) is 13.8. The van der Waals surface area contributed by atoms with Crippen molar-refractivity contribution in [2.75, 3.05) is 0 Å². The summed E-state index contributed by atoms with van der Waals surface area (Å²) in [5.74, 6) is -1.76. The van der Waals surface area contributed by atoms with Crippen LogP contribution < -0.4 is 4.74 Å². The average molecular weight is 262 g/mol. The summed E-state index contributed by atoms with van der Waals surface area (Å²) in [5.41, 5.74) is 0.414. The molecule has 2 N–H and O–H groups in total. The molecule has 2 aromatic rings. The molecule has 2 rings (SSSR count). The lowest BCUT2D eigenvalue weighted by Gasteiger charge is -2.07. The number of aromatic hydroxyl groups is 1. The first-order valence-corrected chi connectivity index (χ1v) is 5.50. The fourth-order valence-electron chi connectivity index (χ4n) is 1.52. The van der Waals surface area contributed by atoms with Gasteiger partial charge in [0.1, 0.15) is 23.9 Å². The van der Waals surface area contributed by atoms with E-state index < -0.39 is 17.3 Å². The number of ether oxygens (including phenoxy) is 1. The van der Waals surface area contributed by atoms with E-state index >= 15 is 0 Å². The molecule has 0 aliphatic rings. The maximum Gasteiger partial charge on any atom is 0.338 e. The molecule has 0 aliphatic carbocycles. The predicted molar refractivity (Wildman–Crippen MR) is 65.8 cm³/mol. The molecule has 2 aromatic carbocycles. The Balaban J connectivity index is 2.06. The summed E-state index contributed by atoms with van der Waals surface area (Å²) in [6.07, 6.45) is 0. The predicted octanol–water partition coefficient (Wildman–Crippen LogP) is 2.81. The van der Waals surface area contributed by atoms with Crippen LogP contribution in [0.5, 0.6) is 11.5 Å². The molecule has 98 valence electrons. The number of phenolic OH excluding ortho intramolecular Hbond substituents is 1. The number of hydrogen-bond acceptors (Lipinski definition) is 3. The van der Waals surface area contributed by atoms with Crippen LogP contribution in [0.25, 0.3) is 0 Å². The number of phenols is 1. The van der Waals surface area contributed by atoms with Crippen LogP contribution in [0.4, 0.5) is 4.39 Å². The molecule has 0 unspecified atom stereocenters. The quantitative estimate of drug-likeness (QED) is 0.889. The van der Waals surface area contributed by atoms with Gasteiger partial charge < -0.3 is 14.9 Å². The second-order valence-electron chi connectivity index (χ2n) is 3.90. The maximum atomic E-state index is 13.4. The van der Waals surface area contributed by atoms with E-state index in [9.17, 15) is 9.18 Å². The first-order valence-electron chi connectivity index (χ1n) is 5.50. The number of carboxylic acids is 1. The van der Waals surface area contributed by atoms with E-state index in [0.29, 0.717) is 0 Å². The number of halogens is 1. The van der Waals surface area contributed by atoms with Crippen molar-refractivity contribution in [1.82, 2.24) is 0 Å². The van der Waals surface area contributed by atoms with Crippen molar-refractivity contribution in [2.24, 2.45) is 0 Å². The zero-order valence-corrected chi connectivity index (χ0v) is 9.84. The second-order valence-corrected chi connectivity index (χ2v) is 3.90. The summed E-state index contributed by atoms with van der Waals surface area (Å²) in [6, 6.07) is 9.98. The molecule has 0 aromatic heterocycles. The Labute approximate surface area is 108 Å². The van der Waals surface area contributed by atoms with Gasteiger partial charge in [-0.15, -0.1) is 0 Å². The molecular formula is C14H11FO4. The zero-order valence-electron chi connectivity index (χ0n) is 9.84. The third-order valence-corrected chi connectivity index (χ3v) is 2.51. The minimum absolute atomic E-state index is 0.153. The van der Waals surface area contributed by atoms with Crippen LogP contribution in [0.3, 0.4) is 0 Å². The van der Waals surface area contributed by atoms with Crippen LogP contribution in [0.15, 0.2) is 42.5 Å². The molecule has 0 saturated carbocycles. The van der Waals surface area contributed by atoms with E-state index in [2.05, 4.69) is 0 Å². The molecular weight excluding hydrogens is 251 g/mol. The minimum atomic E-state index is -1.32. The number of hydrogen-bond donors (Lipinski definition) is 2. The maximum absolute atomic E-state index is 13.4. The van der Waals surface area contributed by atoms with E-state index in [1.54, 1.807) is 12.1 Å². The lowest BCUT2D eigenvalue weighted by molar-refractivity contribution is 0.0692.